The molecule has 7 aliphatic heterocycles. The van der Waals surface area contributed by atoms with Gasteiger partial charge in [-0.15, -0.1) is 5.12 Å². The van der Waals surface area contributed by atoms with Crippen molar-refractivity contribution >= 4 is 6.34 Å². The number of nitrogens with one attached hydrogen (secondary N) is 3. The van der Waals surface area contributed by atoms with Crippen molar-refractivity contribution in [3.05, 3.63) is 24.6 Å². The van der Waals surface area contributed by atoms with Crippen LogP contribution in [0.4, 0.5) is 0 Å². The maximum Gasteiger partial charge on any atom is 0.219 e. The molecule has 11 nitrogen and oxygen atoms in total. The van der Waals surface area contributed by atoms with Crippen molar-refractivity contribution in [2.75, 3.05) is 78.7 Å². The van der Waals surface area contributed by atoms with Gasteiger partial charge in [-0.3, -0.25) is 20.2 Å². The Kier molecular flexibility index (Phi) is 6.20. The first-order valence-corrected chi connectivity index (χ1v) is 14.2. The number of rotatable bonds is 6. The average molecular weight is 498 g/mol. The Labute approximate surface area is 215 Å². The van der Waals surface area contributed by atoms with Gasteiger partial charge in [0.25, 0.3) is 0 Å². The molecule has 0 aromatic heterocycles. The summed E-state index contributed by atoms with van der Waals surface area (Å²) in [4.78, 5) is 15.8. The molecule has 0 bridgehead atoms. The Hall–Kier alpha value is -1.73. The lowest BCUT2D eigenvalue weighted by atomic mass is 9.79. The molecule has 3 atom stereocenters. The predicted molar refractivity (Wildman–Crippen MR) is 140 cm³/mol. The first-order chi connectivity index (χ1) is 17.9. The largest absolute Gasteiger partial charge is 0.354 e. The summed E-state index contributed by atoms with van der Waals surface area (Å²) >= 11 is 0. The molecule has 0 spiro atoms. The highest BCUT2D eigenvalue weighted by Gasteiger charge is 2.74. The van der Waals surface area contributed by atoms with Crippen LogP contribution < -0.4 is 16.2 Å². The van der Waals surface area contributed by atoms with E-state index in [1.165, 1.54) is 25.9 Å². The lowest BCUT2D eigenvalue weighted by Crippen LogP contribution is -2.94. The van der Waals surface area contributed by atoms with Crippen molar-refractivity contribution in [1.29, 1.82) is 0 Å². The standard InChI is InChI=1S/C25H43N11/c1-2-13-30(12-1)23-7-18-35(36-17-6-9-29-36)25(33-20-11-27-22-33,34-16-5-8-28-34)24(23,31-14-3-4-15-31)32-19-10-26-21-32/h3,6,9,14,22-23,26,28-29H,1-2,4-5,7-8,10-13,15-21H2. The van der Waals surface area contributed by atoms with Crippen molar-refractivity contribution in [2.24, 2.45) is 4.99 Å². The second-order valence-electron chi connectivity index (χ2n) is 11.1. The highest BCUT2D eigenvalue weighted by molar-refractivity contribution is 5.59. The minimum Gasteiger partial charge on any atom is -0.354 e. The number of hydrogen-bond acceptors (Lipinski definition) is 11. The number of aliphatic imine (C=N–C) groups is 1. The number of hydrazine groups is 3. The summed E-state index contributed by atoms with van der Waals surface area (Å²) < 4.78 is 0. The smallest absolute Gasteiger partial charge is 0.219 e. The van der Waals surface area contributed by atoms with Crippen LogP contribution >= 0.6 is 0 Å². The van der Waals surface area contributed by atoms with Crippen LogP contribution in [0.5, 0.6) is 0 Å². The lowest BCUT2D eigenvalue weighted by molar-refractivity contribution is -0.353. The summed E-state index contributed by atoms with van der Waals surface area (Å²) in [5.41, 5.74) is 7.21. The summed E-state index contributed by atoms with van der Waals surface area (Å²) in [6.45, 7) is 12.2. The molecule has 7 aliphatic rings. The van der Waals surface area contributed by atoms with Gasteiger partial charge in [-0.2, -0.15) is 5.01 Å². The van der Waals surface area contributed by atoms with E-state index in [1.807, 2.05) is 0 Å². The van der Waals surface area contributed by atoms with Gasteiger partial charge in [0.1, 0.15) is 0 Å². The van der Waals surface area contributed by atoms with Crippen molar-refractivity contribution in [3.8, 4) is 0 Å². The average Bonchev–Trinajstić information content (AvgIpc) is 3.79. The van der Waals surface area contributed by atoms with E-state index in [9.17, 15) is 0 Å². The van der Waals surface area contributed by atoms with Crippen molar-refractivity contribution in [2.45, 2.75) is 49.6 Å². The molecule has 7 heterocycles. The molecule has 0 radical (unpaired) electrons. The zero-order valence-corrected chi connectivity index (χ0v) is 21.6. The van der Waals surface area contributed by atoms with Gasteiger partial charge in [-0.25, -0.2) is 5.01 Å². The molecular formula is C25H43N11. The molecule has 198 valence electrons. The topological polar surface area (TPSA) is 71.1 Å². The van der Waals surface area contributed by atoms with Crippen molar-refractivity contribution in [1.82, 2.24) is 50.9 Å². The van der Waals surface area contributed by atoms with Crippen LogP contribution in [-0.4, -0.2) is 137 Å². The molecular weight excluding hydrogens is 454 g/mol. The highest BCUT2D eigenvalue weighted by Crippen LogP contribution is 2.52. The van der Waals surface area contributed by atoms with E-state index in [-0.39, 0.29) is 5.66 Å². The monoisotopic (exact) mass is 497 g/mol. The fourth-order valence-electron chi connectivity index (χ4n) is 8.13. The SMILES string of the molecule is C1=CN(C2(N3CCNC3)C(N3CCCC3)CCN(N3CC=CN3)C2(N2C=NCC2)N2CCCN2)CC1. The maximum absolute atomic E-state index is 4.84. The lowest BCUT2D eigenvalue weighted by Gasteiger charge is -2.72. The van der Waals surface area contributed by atoms with Crippen LogP contribution in [0.15, 0.2) is 29.5 Å². The molecule has 3 N–H and O–H groups in total. The summed E-state index contributed by atoms with van der Waals surface area (Å²) in [7, 11) is 0. The Morgan fingerprint density at radius 2 is 1.83 bits per heavy atom. The third-order valence-electron chi connectivity index (χ3n) is 9.36. The predicted octanol–water partition coefficient (Wildman–Crippen LogP) is -0.608. The molecule has 4 saturated heterocycles. The van der Waals surface area contributed by atoms with E-state index in [2.05, 4.69) is 81.8 Å². The van der Waals surface area contributed by atoms with Crippen LogP contribution in [0, 0.1) is 0 Å². The van der Waals surface area contributed by atoms with Crippen molar-refractivity contribution < 1.29 is 0 Å². The summed E-state index contributed by atoms with van der Waals surface area (Å²) in [5.74, 6) is -0.477. The second kappa shape index (κ2) is 9.54. The number of piperidine rings is 1. The van der Waals surface area contributed by atoms with Gasteiger partial charge in [-0.1, -0.05) is 6.08 Å². The summed E-state index contributed by atoms with van der Waals surface area (Å²) in [6.07, 6.45) is 17.3. The Balaban J connectivity index is 1.49. The van der Waals surface area contributed by atoms with Gasteiger partial charge < -0.3 is 20.5 Å². The minimum absolute atomic E-state index is 0.302. The fourth-order valence-corrected chi connectivity index (χ4v) is 8.13. The van der Waals surface area contributed by atoms with E-state index < -0.39 is 5.79 Å². The summed E-state index contributed by atoms with van der Waals surface area (Å²) in [6, 6.07) is 0.408. The highest BCUT2D eigenvalue weighted by atomic mass is 15.9. The molecule has 4 fully saturated rings. The minimum atomic E-state index is -0.477. The molecule has 0 aliphatic carbocycles. The Bertz CT molecular complexity index is 813. The van der Waals surface area contributed by atoms with Gasteiger partial charge in [-0.05, 0) is 57.5 Å². The normalized spacial score (nSPS) is 38.9. The van der Waals surface area contributed by atoms with E-state index in [4.69, 9.17) is 4.99 Å². The molecule has 3 unspecified atom stereocenters. The van der Waals surface area contributed by atoms with Crippen molar-refractivity contribution in [3.63, 3.8) is 0 Å². The van der Waals surface area contributed by atoms with E-state index in [1.54, 1.807) is 0 Å². The maximum atomic E-state index is 4.84. The fraction of sp³-hybridized carbons (Fsp3) is 0.800. The van der Waals surface area contributed by atoms with Gasteiger partial charge >= 0.3 is 0 Å². The molecule has 0 amide bonds. The van der Waals surface area contributed by atoms with Gasteiger partial charge in [0.15, 0.2) is 5.66 Å². The molecule has 0 aromatic carbocycles. The van der Waals surface area contributed by atoms with Gasteiger partial charge in [0.05, 0.1) is 32.1 Å². The van der Waals surface area contributed by atoms with Crippen LogP contribution in [0.1, 0.15) is 32.1 Å². The number of hydrogen-bond donors (Lipinski definition) is 3. The molecule has 7 rings (SSSR count). The molecule has 36 heavy (non-hydrogen) atoms. The number of likely N-dealkylation sites (tertiary alicyclic amines) is 1. The Morgan fingerprint density at radius 1 is 0.889 bits per heavy atom. The first-order valence-electron chi connectivity index (χ1n) is 14.2. The van der Waals surface area contributed by atoms with Crippen LogP contribution in [0.25, 0.3) is 0 Å². The third kappa shape index (κ3) is 3.27. The molecule has 0 aromatic rings. The van der Waals surface area contributed by atoms with Gasteiger partial charge in [0, 0.05) is 52.0 Å². The van der Waals surface area contributed by atoms with Gasteiger partial charge in [0.2, 0.25) is 5.79 Å². The second-order valence-corrected chi connectivity index (χ2v) is 11.1. The Morgan fingerprint density at radius 3 is 2.50 bits per heavy atom. The zero-order valence-electron chi connectivity index (χ0n) is 21.6. The van der Waals surface area contributed by atoms with Crippen LogP contribution in [-0.2, 0) is 0 Å². The molecule has 0 saturated carbocycles. The quantitative estimate of drug-likeness (QED) is 0.443. The van der Waals surface area contributed by atoms with Crippen LogP contribution in [0.2, 0.25) is 0 Å². The van der Waals surface area contributed by atoms with E-state index >= 15 is 0 Å². The summed E-state index contributed by atoms with van der Waals surface area (Å²) in [5, 5.41) is 11.4. The number of nitrogens with zero attached hydrogens (tertiary/aromatic N) is 8. The third-order valence-corrected chi connectivity index (χ3v) is 9.36. The first kappa shape index (κ1) is 23.4. The van der Waals surface area contributed by atoms with E-state index in [0.717, 1.165) is 84.8 Å². The molecule has 11 heteroatoms. The van der Waals surface area contributed by atoms with Crippen LogP contribution in [0.3, 0.4) is 0 Å². The zero-order chi connectivity index (χ0) is 24.0. The van der Waals surface area contributed by atoms with E-state index in [0.29, 0.717) is 6.04 Å².